The fourth-order valence-electron chi connectivity index (χ4n) is 2.35. The highest BCUT2D eigenvalue weighted by molar-refractivity contribution is 5.84. The molecule has 1 saturated carbocycles. The molecule has 0 aromatic heterocycles. The lowest BCUT2D eigenvalue weighted by Gasteiger charge is -2.27. The molecule has 2 rings (SSSR count). The van der Waals surface area contributed by atoms with Gasteiger partial charge in [0.2, 0.25) is 0 Å². The van der Waals surface area contributed by atoms with E-state index in [4.69, 9.17) is 5.26 Å². The lowest BCUT2D eigenvalue weighted by atomic mass is 9.96. The number of aliphatic carboxylic acids is 1. The number of nitrogens with one attached hydrogen (secondary N) is 1. The van der Waals surface area contributed by atoms with Gasteiger partial charge in [-0.2, -0.15) is 5.26 Å². The Bertz CT molecular complexity index is 516. The van der Waals surface area contributed by atoms with Crippen molar-refractivity contribution in [2.75, 3.05) is 5.32 Å². The molecule has 0 saturated heterocycles. The molecule has 0 heterocycles. The Morgan fingerprint density at radius 2 is 2.11 bits per heavy atom. The average molecular weight is 248 g/mol. The van der Waals surface area contributed by atoms with E-state index in [0.717, 1.165) is 18.9 Å². The SMILES string of the molecule is N#Cc1cc(F)ccc1NC1(C(=O)O)CCCC1. The summed E-state index contributed by atoms with van der Waals surface area (Å²) in [6.07, 6.45) is 2.71. The Labute approximate surface area is 104 Å². The van der Waals surface area contributed by atoms with Crippen molar-refractivity contribution in [1.29, 1.82) is 5.26 Å². The quantitative estimate of drug-likeness (QED) is 0.862. The number of halogens is 1. The lowest BCUT2D eigenvalue weighted by molar-refractivity contribution is -0.142. The van der Waals surface area contributed by atoms with Crippen molar-refractivity contribution in [3.63, 3.8) is 0 Å². The van der Waals surface area contributed by atoms with Crippen molar-refractivity contribution >= 4 is 11.7 Å². The first kappa shape index (κ1) is 12.4. The fourth-order valence-corrected chi connectivity index (χ4v) is 2.35. The minimum absolute atomic E-state index is 0.127. The number of hydrogen-bond donors (Lipinski definition) is 2. The number of carboxylic acids is 1. The van der Waals surface area contributed by atoms with Crippen molar-refractivity contribution in [2.24, 2.45) is 0 Å². The summed E-state index contributed by atoms with van der Waals surface area (Å²) in [6.45, 7) is 0. The van der Waals surface area contributed by atoms with E-state index in [-0.39, 0.29) is 5.56 Å². The van der Waals surface area contributed by atoms with E-state index in [1.165, 1.54) is 12.1 Å². The predicted molar refractivity (Wildman–Crippen MR) is 63.6 cm³/mol. The molecule has 1 fully saturated rings. The molecule has 0 aliphatic heterocycles. The smallest absolute Gasteiger partial charge is 0.329 e. The van der Waals surface area contributed by atoms with E-state index in [1.54, 1.807) is 0 Å². The maximum absolute atomic E-state index is 13.0. The number of anilines is 1. The summed E-state index contributed by atoms with van der Waals surface area (Å²) in [7, 11) is 0. The van der Waals surface area contributed by atoms with Crippen LogP contribution in [0.4, 0.5) is 10.1 Å². The molecular formula is C13H13FN2O2. The maximum atomic E-state index is 13.0. The van der Waals surface area contributed by atoms with Crippen LogP contribution in [0.25, 0.3) is 0 Å². The monoisotopic (exact) mass is 248 g/mol. The van der Waals surface area contributed by atoms with Gasteiger partial charge in [-0.25, -0.2) is 9.18 Å². The van der Waals surface area contributed by atoms with Crippen LogP contribution in [0.3, 0.4) is 0 Å². The number of benzene rings is 1. The van der Waals surface area contributed by atoms with Gasteiger partial charge in [-0.05, 0) is 31.0 Å². The molecule has 18 heavy (non-hydrogen) atoms. The van der Waals surface area contributed by atoms with E-state index < -0.39 is 17.3 Å². The van der Waals surface area contributed by atoms with Gasteiger partial charge in [0.05, 0.1) is 11.3 Å². The molecule has 0 radical (unpaired) electrons. The third-order valence-corrected chi connectivity index (χ3v) is 3.34. The molecule has 4 nitrogen and oxygen atoms in total. The fraction of sp³-hybridized carbons (Fsp3) is 0.385. The molecule has 2 N–H and O–H groups in total. The van der Waals surface area contributed by atoms with Crippen molar-refractivity contribution in [2.45, 2.75) is 31.2 Å². The number of nitriles is 1. The molecule has 1 aromatic carbocycles. The first-order chi connectivity index (χ1) is 8.57. The average Bonchev–Trinajstić information content (AvgIpc) is 2.81. The third kappa shape index (κ3) is 2.14. The number of hydrogen-bond acceptors (Lipinski definition) is 3. The summed E-state index contributed by atoms with van der Waals surface area (Å²) in [6, 6.07) is 5.60. The van der Waals surface area contributed by atoms with Crippen molar-refractivity contribution in [3.8, 4) is 6.07 Å². The van der Waals surface area contributed by atoms with Crippen LogP contribution in [0.1, 0.15) is 31.2 Å². The minimum Gasteiger partial charge on any atom is -0.480 e. The van der Waals surface area contributed by atoms with Crippen LogP contribution in [-0.4, -0.2) is 16.6 Å². The number of rotatable bonds is 3. The molecule has 0 bridgehead atoms. The number of carbonyl (C=O) groups is 1. The van der Waals surface area contributed by atoms with Gasteiger partial charge in [-0.3, -0.25) is 0 Å². The van der Waals surface area contributed by atoms with Crippen LogP contribution in [-0.2, 0) is 4.79 Å². The van der Waals surface area contributed by atoms with Crippen molar-refractivity contribution in [1.82, 2.24) is 0 Å². The van der Waals surface area contributed by atoms with Crippen LogP contribution in [0, 0.1) is 17.1 Å². The summed E-state index contributed by atoms with van der Waals surface area (Å²) in [5, 5.41) is 21.2. The van der Waals surface area contributed by atoms with Gasteiger partial charge in [0.1, 0.15) is 17.4 Å². The minimum atomic E-state index is -1.02. The Kier molecular flexibility index (Phi) is 3.19. The largest absolute Gasteiger partial charge is 0.480 e. The molecule has 94 valence electrons. The molecule has 1 aromatic rings. The topological polar surface area (TPSA) is 73.1 Å². The Balaban J connectivity index is 2.33. The molecule has 1 aliphatic rings. The van der Waals surface area contributed by atoms with Gasteiger partial charge >= 0.3 is 5.97 Å². The zero-order chi connectivity index (χ0) is 13.2. The van der Waals surface area contributed by atoms with Crippen LogP contribution >= 0.6 is 0 Å². The van der Waals surface area contributed by atoms with Crippen LogP contribution in [0.2, 0.25) is 0 Å². The van der Waals surface area contributed by atoms with E-state index >= 15 is 0 Å². The summed E-state index contributed by atoms with van der Waals surface area (Å²) in [5.41, 5.74) is -0.519. The Morgan fingerprint density at radius 1 is 1.44 bits per heavy atom. The van der Waals surface area contributed by atoms with Crippen molar-refractivity contribution in [3.05, 3.63) is 29.6 Å². The summed E-state index contributed by atoms with van der Waals surface area (Å²) in [5.74, 6) is -1.43. The summed E-state index contributed by atoms with van der Waals surface area (Å²) < 4.78 is 13.0. The lowest BCUT2D eigenvalue weighted by Crippen LogP contribution is -2.43. The molecule has 0 spiro atoms. The zero-order valence-corrected chi connectivity index (χ0v) is 9.74. The third-order valence-electron chi connectivity index (χ3n) is 3.34. The van der Waals surface area contributed by atoms with E-state index in [0.29, 0.717) is 18.5 Å². The second-order valence-corrected chi connectivity index (χ2v) is 4.52. The molecular weight excluding hydrogens is 235 g/mol. The highest BCUT2D eigenvalue weighted by Crippen LogP contribution is 2.34. The summed E-state index contributed by atoms with van der Waals surface area (Å²) >= 11 is 0. The van der Waals surface area contributed by atoms with E-state index in [1.807, 2.05) is 6.07 Å². The number of nitrogens with zero attached hydrogens (tertiary/aromatic N) is 1. The first-order valence-electron chi connectivity index (χ1n) is 5.79. The molecule has 1 aliphatic carbocycles. The van der Waals surface area contributed by atoms with Crippen LogP contribution in [0.5, 0.6) is 0 Å². The second-order valence-electron chi connectivity index (χ2n) is 4.52. The molecule has 5 heteroatoms. The van der Waals surface area contributed by atoms with E-state index in [9.17, 15) is 14.3 Å². The standard InChI is InChI=1S/C13H13FN2O2/c14-10-3-4-11(9(7-10)8-15)16-13(12(17)18)5-1-2-6-13/h3-4,7,16H,1-2,5-6H2,(H,17,18). The molecule has 0 unspecified atom stereocenters. The van der Waals surface area contributed by atoms with Gasteiger partial charge in [0, 0.05) is 0 Å². The van der Waals surface area contributed by atoms with Crippen LogP contribution < -0.4 is 5.32 Å². The molecule has 0 amide bonds. The highest BCUT2D eigenvalue weighted by atomic mass is 19.1. The Hall–Kier alpha value is -2.09. The second kappa shape index (κ2) is 4.65. The highest BCUT2D eigenvalue weighted by Gasteiger charge is 2.41. The van der Waals surface area contributed by atoms with Crippen molar-refractivity contribution < 1.29 is 14.3 Å². The molecule has 0 atom stereocenters. The maximum Gasteiger partial charge on any atom is 0.329 e. The van der Waals surface area contributed by atoms with E-state index in [2.05, 4.69) is 5.32 Å². The van der Waals surface area contributed by atoms with Gasteiger partial charge < -0.3 is 10.4 Å². The van der Waals surface area contributed by atoms with Crippen LogP contribution in [0.15, 0.2) is 18.2 Å². The summed E-state index contributed by atoms with van der Waals surface area (Å²) in [4.78, 5) is 11.4. The first-order valence-corrected chi connectivity index (χ1v) is 5.79. The van der Waals surface area contributed by atoms with Gasteiger partial charge in [0.25, 0.3) is 0 Å². The van der Waals surface area contributed by atoms with Gasteiger partial charge in [0.15, 0.2) is 0 Å². The predicted octanol–water partition coefficient (Wildman–Crippen LogP) is 2.51. The van der Waals surface area contributed by atoms with Gasteiger partial charge in [-0.1, -0.05) is 12.8 Å². The Morgan fingerprint density at radius 3 is 2.67 bits per heavy atom. The zero-order valence-electron chi connectivity index (χ0n) is 9.74. The number of carboxylic acid groups (broad SMARTS) is 1. The van der Waals surface area contributed by atoms with Gasteiger partial charge in [-0.15, -0.1) is 0 Å². The normalized spacial score (nSPS) is 17.1.